The normalized spacial score (nSPS) is 30.4. The molecule has 0 amide bonds. The molecule has 2 aliphatic carbocycles. The van der Waals surface area contributed by atoms with Crippen LogP contribution in [-0.2, 0) is 0 Å². The van der Waals surface area contributed by atoms with Crippen molar-refractivity contribution in [2.45, 2.75) is 51.0 Å². The van der Waals surface area contributed by atoms with Gasteiger partial charge < -0.3 is 5.32 Å². The lowest BCUT2D eigenvalue weighted by atomic mass is 9.71. The van der Waals surface area contributed by atoms with Gasteiger partial charge in [0.15, 0.2) is 0 Å². The Bertz CT molecular complexity index is 450. The zero-order valence-electron chi connectivity index (χ0n) is 12.0. The summed E-state index contributed by atoms with van der Waals surface area (Å²) < 4.78 is 27.0. The molecular formula is C17H23F2N. The first-order valence-corrected chi connectivity index (χ1v) is 7.81. The maximum Gasteiger partial charge on any atom is 0.126 e. The quantitative estimate of drug-likeness (QED) is 0.869. The van der Waals surface area contributed by atoms with E-state index in [1.165, 1.54) is 31.4 Å². The third-order valence-corrected chi connectivity index (χ3v) is 4.81. The second-order valence-electron chi connectivity index (χ2n) is 6.67. The van der Waals surface area contributed by atoms with Crippen LogP contribution in [0.1, 0.15) is 50.5 Å². The third kappa shape index (κ3) is 3.38. The number of rotatable bonds is 4. The van der Waals surface area contributed by atoms with Crippen molar-refractivity contribution in [3.8, 4) is 0 Å². The van der Waals surface area contributed by atoms with Gasteiger partial charge in [0.05, 0.1) is 0 Å². The van der Waals surface area contributed by atoms with Gasteiger partial charge in [0.25, 0.3) is 0 Å². The summed E-state index contributed by atoms with van der Waals surface area (Å²) >= 11 is 0. The third-order valence-electron chi connectivity index (χ3n) is 4.81. The van der Waals surface area contributed by atoms with Gasteiger partial charge in [0, 0.05) is 12.1 Å². The van der Waals surface area contributed by atoms with Crippen LogP contribution in [0.4, 0.5) is 8.78 Å². The lowest BCUT2D eigenvalue weighted by Gasteiger charge is -2.35. The van der Waals surface area contributed by atoms with Crippen LogP contribution in [0.3, 0.4) is 0 Å². The summed E-state index contributed by atoms with van der Waals surface area (Å²) in [5.41, 5.74) is 0.844. The SMILES string of the molecule is CC1CCC(CNC2CC2)C(c2cc(F)cc(F)c2)C1. The fraction of sp³-hybridized carbons (Fsp3) is 0.647. The van der Waals surface area contributed by atoms with Gasteiger partial charge in [-0.3, -0.25) is 0 Å². The van der Waals surface area contributed by atoms with Gasteiger partial charge in [-0.15, -0.1) is 0 Å². The summed E-state index contributed by atoms with van der Waals surface area (Å²) in [5, 5.41) is 3.58. The van der Waals surface area contributed by atoms with E-state index in [9.17, 15) is 8.78 Å². The van der Waals surface area contributed by atoms with Crippen LogP contribution in [0.25, 0.3) is 0 Å². The van der Waals surface area contributed by atoms with E-state index in [2.05, 4.69) is 12.2 Å². The standard InChI is InChI=1S/C17H23F2N/c1-11-2-3-12(10-20-16-4-5-16)17(6-11)13-7-14(18)9-15(19)8-13/h7-9,11-12,16-17,20H,2-6,10H2,1H3. The minimum Gasteiger partial charge on any atom is -0.314 e. The topological polar surface area (TPSA) is 12.0 Å². The Morgan fingerprint density at radius 1 is 1.05 bits per heavy atom. The average Bonchev–Trinajstić information content (AvgIpc) is 3.20. The minimum atomic E-state index is -0.452. The molecule has 1 aromatic rings. The van der Waals surface area contributed by atoms with Crippen molar-refractivity contribution in [3.05, 3.63) is 35.4 Å². The number of nitrogens with one attached hydrogen (secondary N) is 1. The van der Waals surface area contributed by atoms with Crippen LogP contribution in [0, 0.1) is 23.5 Å². The Morgan fingerprint density at radius 2 is 1.75 bits per heavy atom. The van der Waals surface area contributed by atoms with Crippen molar-refractivity contribution in [3.63, 3.8) is 0 Å². The highest BCUT2D eigenvalue weighted by Crippen LogP contribution is 2.41. The van der Waals surface area contributed by atoms with E-state index in [4.69, 9.17) is 0 Å². The maximum atomic E-state index is 13.5. The largest absolute Gasteiger partial charge is 0.314 e. The van der Waals surface area contributed by atoms with Crippen LogP contribution in [0.5, 0.6) is 0 Å². The molecule has 0 aliphatic heterocycles. The number of hydrogen-bond donors (Lipinski definition) is 1. The van der Waals surface area contributed by atoms with Gasteiger partial charge in [-0.1, -0.05) is 13.3 Å². The van der Waals surface area contributed by atoms with E-state index >= 15 is 0 Å². The molecule has 2 saturated carbocycles. The molecule has 20 heavy (non-hydrogen) atoms. The molecule has 0 heterocycles. The van der Waals surface area contributed by atoms with Crippen molar-refractivity contribution in [1.29, 1.82) is 0 Å². The summed E-state index contributed by atoms with van der Waals surface area (Å²) in [4.78, 5) is 0. The molecule has 2 aliphatic rings. The van der Waals surface area contributed by atoms with Crippen LogP contribution in [-0.4, -0.2) is 12.6 Å². The van der Waals surface area contributed by atoms with Crippen molar-refractivity contribution in [2.24, 2.45) is 11.8 Å². The Morgan fingerprint density at radius 3 is 2.40 bits per heavy atom. The van der Waals surface area contributed by atoms with Gasteiger partial charge in [0.1, 0.15) is 11.6 Å². The van der Waals surface area contributed by atoms with E-state index in [-0.39, 0.29) is 5.92 Å². The summed E-state index contributed by atoms with van der Waals surface area (Å²) in [6.45, 7) is 3.23. The van der Waals surface area contributed by atoms with Crippen LogP contribution in [0.15, 0.2) is 18.2 Å². The molecule has 110 valence electrons. The Labute approximate surface area is 119 Å². The highest BCUT2D eigenvalue weighted by Gasteiger charge is 2.31. The van der Waals surface area contributed by atoms with Crippen LogP contribution >= 0.6 is 0 Å². The van der Waals surface area contributed by atoms with Crippen LogP contribution in [0.2, 0.25) is 0 Å². The molecule has 3 rings (SSSR count). The van der Waals surface area contributed by atoms with Gasteiger partial charge in [0.2, 0.25) is 0 Å². The summed E-state index contributed by atoms with van der Waals surface area (Å²) in [6, 6.07) is 4.71. The molecule has 0 bridgehead atoms. The molecule has 0 aromatic heterocycles. The second kappa shape index (κ2) is 5.80. The fourth-order valence-corrected chi connectivity index (χ4v) is 3.49. The summed E-state index contributed by atoms with van der Waals surface area (Å²) in [5.74, 6) is 0.533. The molecule has 2 fully saturated rings. The first-order valence-electron chi connectivity index (χ1n) is 7.81. The van der Waals surface area contributed by atoms with Crippen molar-refractivity contribution in [2.75, 3.05) is 6.54 Å². The number of hydrogen-bond acceptors (Lipinski definition) is 1. The number of halogens is 2. The Balaban J connectivity index is 1.76. The Hall–Kier alpha value is -0.960. The fourth-order valence-electron chi connectivity index (χ4n) is 3.49. The van der Waals surface area contributed by atoms with Crippen molar-refractivity contribution < 1.29 is 8.78 Å². The predicted molar refractivity (Wildman–Crippen MR) is 76.6 cm³/mol. The molecule has 0 spiro atoms. The van der Waals surface area contributed by atoms with E-state index in [1.807, 2.05) is 0 Å². The van der Waals surface area contributed by atoms with Crippen molar-refractivity contribution in [1.82, 2.24) is 5.32 Å². The maximum absolute atomic E-state index is 13.5. The van der Waals surface area contributed by atoms with E-state index in [0.29, 0.717) is 17.9 Å². The molecule has 0 radical (unpaired) electrons. The van der Waals surface area contributed by atoms with Crippen LogP contribution < -0.4 is 5.32 Å². The predicted octanol–water partition coefficient (Wildman–Crippen LogP) is 4.24. The van der Waals surface area contributed by atoms with Gasteiger partial charge >= 0.3 is 0 Å². The minimum absolute atomic E-state index is 0.287. The Kier molecular flexibility index (Phi) is 4.06. The van der Waals surface area contributed by atoms with E-state index in [1.54, 1.807) is 0 Å². The van der Waals surface area contributed by atoms with Gasteiger partial charge in [-0.05, 0) is 67.7 Å². The first-order chi connectivity index (χ1) is 9.61. The molecule has 0 saturated heterocycles. The second-order valence-corrected chi connectivity index (χ2v) is 6.67. The smallest absolute Gasteiger partial charge is 0.126 e. The lowest BCUT2D eigenvalue weighted by Crippen LogP contribution is -2.32. The highest BCUT2D eigenvalue weighted by atomic mass is 19.1. The zero-order valence-corrected chi connectivity index (χ0v) is 12.0. The molecular weight excluding hydrogens is 256 g/mol. The highest BCUT2D eigenvalue weighted by molar-refractivity contribution is 5.23. The zero-order chi connectivity index (χ0) is 14.1. The molecule has 1 N–H and O–H groups in total. The first kappa shape index (κ1) is 14.0. The van der Waals surface area contributed by atoms with Gasteiger partial charge in [-0.2, -0.15) is 0 Å². The number of benzene rings is 1. The summed E-state index contributed by atoms with van der Waals surface area (Å²) in [6.07, 6.45) is 5.99. The van der Waals surface area contributed by atoms with Gasteiger partial charge in [-0.25, -0.2) is 8.78 Å². The molecule has 3 heteroatoms. The molecule has 1 nitrogen and oxygen atoms in total. The monoisotopic (exact) mass is 279 g/mol. The molecule has 1 aromatic carbocycles. The summed E-state index contributed by atoms with van der Waals surface area (Å²) in [7, 11) is 0. The lowest BCUT2D eigenvalue weighted by molar-refractivity contribution is 0.240. The molecule has 3 atom stereocenters. The van der Waals surface area contributed by atoms with E-state index < -0.39 is 11.6 Å². The average molecular weight is 279 g/mol. The van der Waals surface area contributed by atoms with Crippen molar-refractivity contribution >= 4 is 0 Å². The van der Waals surface area contributed by atoms with E-state index in [0.717, 1.165) is 31.0 Å². The molecule has 3 unspecified atom stereocenters.